The van der Waals surface area contributed by atoms with Gasteiger partial charge in [-0.15, -0.1) is 0 Å². The van der Waals surface area contributed by atoms with Gasteiger partial charge >= 0.3 is 0 Å². The van der Waals surface area contributed by atoms with E-state index < -0.39 is 0 Å². The van der Waals surface area contributed by atoms with E-state index in [9.17, 15) is 0 Å². The third kappa shape index (κ3) is 2.56. The van der Waals surface area contributed by atoms with Gasteiger partial charge < -0.3 is 14.2 Å². The largest absolute Gasteiger partial charge is 0.493 e. The minimum Gasteiger partial charge on any atom is -0.493 e. The van der Waals surface area contributed by atoms with Crippen molar-refractivity contribution in [3.05, 3.63) is 48.0 Å². The van der Waals surface area contributed by atoms with E-state index in [2.05, 4.69) is 0 Å². The van der Waals surface area contributed by atoms with Crippen LogP contribution in [-0.4, -0.2) is 14.2 Å². The monoisotopic (exact) mass is 244 g/mol. The van der Waals surface area contributed by atoms with Gasteiger partial charge in [0.1, 0.15) is 5.75 Å². The summed E-state index contributed by atoms with van der Waals surface area (Å²) >= 11 is 0. The van der Waals surface area contributed by atoms with Crippen molar-refractivity contribution in [1.82, 2.24) is 0 Å². The number of methoxy groups -OCH3 is 2. The van der Waals surface area contributed by atoms with Gasteiger partial charge in [-0.05, 0) is 36.8 Å². The predicted octanol–water partition coefficient (Wildman–Crippen LogP) is 3.80. The Bertz CT molecular complexity index is 535. The average molecular weight is 244 g/mol. The maximum Gasteiger partial charge on any atom is 0.203 e. The molecule has 18 heavy (non-hydrogen) atoms. The first-order valence-corrected chi connectivity index (χ1v) is 5.70. The maximum atomic E-state index is 5.82. The number of para-hydroxylation sites is 1. The van der Waals surface area contributed by atoms with E-state index in [0.29, 0.717) is 17.2 Å². The molecule has 0 aliphatic rings. The van der Waals surface area contributed by atoms with Crippen LogP contribution in [0.1, 0.15) is 5.56 Å². The maximum absolute atomic E-state index is 5.82. The van der Waals surface area contributed by atoms with Crippen LogP contribution in [-0.2, 0) is 0 Å². The third-order valence-electron chi connectivity index (χ3n) is 2.58. The predicted molar refractivity (Wildman–Crippen MR) is 70.8 cm³/mol. The Morgan fingerprint density at radius 2 is 1.56 bits per heavy atom. The standard InChI is InChI=1S/C15H16O3/c1-11-6-4-7-12(10-11)18-14-9-5-8-13(16-2)15(14)17-3/h4-10H,1-3H3. The Kier molecular flexibility index (Phi) is 3.72. The summed E-state index contributed by atoms with van der Waals surface area (Å²) in [6.07, 6.45) is 0. The third-order valence-corrected chi connectivity index (χ3v) is 2.58. The van der Waals surface area contributed by atoms with E-state index in [1.807, 2.05) is 49.4 Å². The molecule has 0 saturated heterocycles. The molecule has 3 heteroatoms. The second-order valence-electron chi connectivity index (χ2n) is 3.91. The molecule has 0 unspecified atom stereocenters. The molecular formula is C15H16O3. The number of aryl methyl sites for hydroxylation is 1. The molecule has 0 atom stereocenters. The molecule has 0 spiro atoms. The van der Waals surface area contributed by atoms with Gasteiger partial charge in [0.15, 0.2) is 11.5 Å². The van der Waals surface area contributed by atoms with Crippen LogP contribution in [0.25, 0.3) is 0 Å². The van der Waals surface area contributed by atoms with Crippen molar-refractivity contribution in [2.24, 2.45) is 0 Å². The summed E-state index contributed by atoms with van der Waals surface area (Å²) < 4.78 is 16.4. The van der Waals surface area contributed by atoms with E-state index in [-0.39, 0.29) is 0 Å². The van der Waals surface area contributed by atoms with Gasteiger partial charge in [-0.2, -0.15) is 0 Å². The Morgan fingerprint density at radius 3 is 2.22 bits per heavy atom. The van der Waals surface area contributed by atoms with Gasteiger partial charge in [-0.25, -0.2) is 0 Å². The van der Waals surface area contributed by atoms with Crippen LogP contribution in [0.15, 0.2) is 42.5 Å². The van der Waals surface area contributed by atoms with Gasteiger partial charge in [-0.1, -0.05) is 18.2 Å². The first-order valence-electron chi connectivity index (χ1n) is 5.70. The molecule has 0 aromatic heterocycles. The van der Waals surface area contributed by atoms with Crippen molar-refractivity contribution in [1.29, 1.82) is 0 Å². The van der Waals surface area contributed by atoms with Crippen LogP contribution in [0, 0.1) is 6.92 Å². The Morgan fingerprint density at radius 1 is 0.833 bits per heavy atom. The smallest absolute Gasteiger partial charge is 0.203 e. The van der Waals surface area contributed by atoms with Crippen molar-refractivity contribution in [3.63, 3.8) is 0 Å². The SMILES string of the molecule is COc1cccc(Oc2cccc(C)c2)c1OC. The molecule has 2 aromatic rings. The molecule has 0 aliphatic heterocycles. The highest BCUT2D eigenvalue weighted by Crippen LogP contribution is 2.39. The lowest BCUT2D eigenvalue weighted by Crippen LogP contribution is -1.94. The quantitative estimate of drug-likeness (QED) is 0.818. The van der Waals surface area contributed by atoms with E-state index in [1.54, 1.807) is 14.2 Å². The van der Waals surface area contributed by atoms with E-state index >= 15 is 0 Å². The number of hydrogen-bond donors (Lipinski definition) is 0. The van der Waals surface area contributed by atoms with Crippen LogP contribution in [0.5, 0.6) is 23.0 Å². The highest BCUT2D eigenvalue weighted by atomic mass is 16.5. The van der Waals surface area contributed by atoms with Gasteiger partial charge in [0.2, 0.25) is 5.75 Å². The van der Waals surface area contributed by atoms with Gasteiger partial charge in [-0.3, -0.25) is 0 Å². The highest BCUT2D eigenvalue weighted by molar-refractivity contribution is 5.52. The minimum absolute atomic E-state index is 0.599. The van der Waals surface area contributed by atoms with Crippen LogP contribution in [0.2, 0.25) is 0 Å². The van der Waals surface area contributed by atoms with Gasteiger partial charge in [0.25, 0.3) is 0 Å². The molecule has 0 radical (unpaired) electrons. The van der Waals surface area contributed by atoms with Crippen LogP contribution < -0.4 is 14.2 Å². The first-order chi connectivity index (χ1) is 8.74. The van der Waals surface area contributed by atoms with Gasteiger partial charge in [0, 0.05) is 0 Å². The number of rotatable bonds is 4. The van der Waals surface area contributed by atoms with Crippen LogP contribution >= 0.6 is 0 Å². The number of hydrogen-bond acceptors (Lipinski definition) is 3. The number of ether oxygens (including phenoxy) is 3. The summed E-state index contributed by atoms with van der Waals surface area (Å²) in [6, 6.07) is 13.4. The number of benzene rings is 2. The molecule has 0 heterocycles. The molecule has 0 N–H and O–H groups in total. The van der Waals surface area contributed by atoms with Gasteiger partial charge in [0.05, 0.1) is 14.2 Å². The van der Waals surface area contributed by atoms with E-state index in [1.165, 1.54) is 0 Å². The molecule has 0 aliphatic carbocycles. The normalized spacial score (nSPS) is 9.94. The fourth-order valence-corrected chi connectivity index (χ4v) is 1.74. The minimum atomic E-state index is 0.599. The molecule has 0 amide bonds. The van der Waals surface area contributed by atoms with Crippen molar-refractivity contribution in [2.45, 2.75) is 6.92 Å². The van der Waals surface area contributed by atoms with Crippen molar-refractivity contribution >= 4 is 0 Å². The average Bonchev–Trinajstić information content (AvgIpc) is 2.38. The second kappa shape index (κ2) is 5.45. The molecule has 3 nitrogen and oxygen atoms in total. The first kappa shape index (κ1) is 12.3. The summed E-state index contributed by atoms with van der Waals surface area (Å²) in [7, 11) is 3.20. The molecule has 0 bridgehead atoms. The van der Waals surface area contributed by atoms with Crippen molar-refractivity contribution in [2.75, 3.05) is 14.2 Å². The molecule has 0 fully saturated rings. The zero-order valence-electron chi connectivity index (χ0n) is 10.8. The molecule has 2 rings (SSSR count). The summed E-state index contributed by atoms with van der Waals surface area (Å²) in [4.78, 5) is 0. The van der Waals surface area contributed by atoms with Crippen molar-refractivity contribution in [3.8, 4) is 23.0 Å². The fraction of sp³-hybridized carbons (Fsp3) is 0.200. The topological polar surface area (TPSA) is 27.7 Å². The van der Waals surface area contributed by atoms with E-state index in [4.69, 9.17) is 14.2 Å². The fourth-order valence-electron chi connectivity index (χ4n) is 1.74. The van der Waals surface area contributed by atoms with E-state index in [0.717, 1.165) is 11.3 Å². The lowest BCUT2D eigenvalue weighted by molar-refractivity contribution is 0.336. The van der Waals surface area contributed by atoms with Crippen LogP contribution in [0.4, 0.5) is 0 Å². The Labute approximate surface area is 107 Å². The molecule has 94 valence electrons. The summed E-state index contributed by atoms with van der Waals surface area (Å²) in [5, 5.41) is 0. The summed E-state index contributed by atoms with van der Waals surface area (Å²) in [5.41, 5.74) is 1.15. The molecular weight excluding hydrogens is 228 g/mol. The van der Waals surface area contributed by atoms with Crippen LogP contribution in [0.3, 0.4) is 0 Å². The zero-order chi connectivity index (χ0) is 13.0. The lowest BCUT2D eigenvalue weighted by atomic mass is 10.2. The Balaban J connectivity index is 2.34. The van der Waals surface area contributed by atoms with Crippen molar-refractivity contribution < 1.29 is 14.2 Å². The lowest BCUT2D eigenvalue weighted by Gasteiger charge is -2.13. The second-order valence-corrected chi connectivity index (χ2v) is 3.91. The zero-order valence-corrected chi connectivity index (χ0v) is 10.8. The molecule has 0 saturated carbocycles. The molecule has 2 aromatic carbocycles. The highest BCUT2D eigenvalue weighted by Gasteiger charge is 2.11. The summed E-state index contributed by atoms with van der Waals surface area (Å²) in [6.45, 7) is 2.02. The summed E-state index contributed by atoms with van der Waals surface area (Å²) in [5.74, 6) is 2.67. The Hall–Kier alpha value is -2.16.